The van der Waals surface area contributed by atoms with Gasteiger partial charge in [0.25, 0.3) is 5.56 Å². The second kappa shape index (κ2) is 10.6. The third-order valence-electron chi connectivity index (χ3n) is 5.40. The zero-order valence-corrected chi connectivity index (χ0v) is 20.3. The number of fused-ring (bicyclic) bond motifs is 1. The van der Waals surface area contributed by atoms with Crippen molar-refractivity contribution in [3.63, 3.8) is 0 Å². The Labute approximate surface area is 202 Å². The van der Waals surface area contributed by atoms with E-state index in [9.17, 15) is 9.59 Å². The number of aryl methyl sites for hydroxylation is 2. The minimum Gasteiger partial charge on any atom is -0.497 e. The predicted octanol–water partition coefficient (Wildman–Crippen LogP) is 3.39. The number of benzene rings is 2. The Hall–Kier alpha value is -3.59. The van der Waals surface area contributed by atoms with Crippen molar-refractivity contribution in [3.8, 4) is 5.75 Å². The fourth-order valence-corrected chi connectivity index (χ4v) is 4.26. The Morgan fingerprint density at radius 2 is 1.79 bits per heavy atom. The summed E-state index contributed by atoms with van der Waals surface area (Å²) in [5.41, 5.74) is 3.75. The number of rotatable bonds is 9. The third-order valence-corrected chi connectivity index (χ3v) is 6.38. The third kappa shape index (κ3) is 5.48. The van der Waals surface area contributed by atoms with Crippen molar-refractivity contribution >= 4 is 28.7 Å². The van der Waals surface area contributed by atoms with E-state index in [1.807, 2.05) is 62.4 Å². The standard InChI is InChI=1S/C25H27N5O3S/c1-4-29-15-21-23(28-29)24(32)30(14-19-9-11-20(33-3)12-10-19)25(27-21)34-16-22(31)26-13-18-7-5-17(2)6-8-18/h5-12,15H,4,13-14,16H2,1-3H3,(H,26,31). The van der Waals surface area contributed by atoms with Gasteiger partial charge < -0.3 is 10.1 Å². The summed E-state index contributed by atoms with van der Waals surface area (Å²) in [5, 5.41) is 7.79. The first-order chi connectivity index (χ1) is 16.5. The molecule has 0 atom stereocenters. The number of thioether (sulfide) groups is 1. The van der Waals surface area contributed by atoms with Gasteiger partial charge in [-0.05, 0) is 37.1 Å². The highest BCUT2D eigenvalue weighted by Crippen LogP contribution is 2.20. The zero-order valence-electron chi connectivity index (χ0n) is 19.4. The molecule has 0 fully saturated rings. The van der Waals surface area contributed by atoms with Crippen molar-refractivity contribution in [2.45, 2.75) is 38.6 Å². The van der Waals surface area contributed by atoms with Crippen LogP contribution in [0.1, 0.15) is 23.6 Å². The second-order valence-electron chi connectivity index (χ2n) is 7.90. The number of carbonyl (C=O) groups excluding carboxylic acids is 1. The molecule has 1 N–H and O–H groups in total. The van der Waals surface area contributed by atoms with Crippen LogP contribution in [0.3, 0.4) is 0 Å². The van der Waals surface area contributed by atoms with Gasteiger partial charge in [0.15, 0.2) is 10.7 Å². The van der Waals surface area contributed by atoms with E-state index >= 15 is 0 Å². The van der Waals surface area contributed by atoms with Gasteiger partial charge in [-0.15, -0.1) is 0 Å². The lowest BCUT2D eigenvalue weighted by molar-refractivity contribution is -0.118. The van der Waals surface area contributed by atoms with E-state index in [1.165, 1.54) is 17.3 Å². The van der Waals surface area contributed by atoms with E-state index in [0.717, 1.165) is 16.9 Å². The van der Waals surface area contributed by atoms with Crippen LogP contribution in [0.2, 0.25) is 0 Å². The molecule has 0 aliphatic heterocycles. The van der Waals surface area contributed by atoms with Crippen LogP contribution < -0.4 is 15.6 Å². The number of nitrogens with zero attached hydrogens (tertiary/aromatic N) is 4. The van der Waals surface area contributed by atoms with Crippen LogP contribution in [0.25, 0.3) is 11.0 Å². The first kappa shape index (κ1) is 23.6. The van der Waals surface area contributed by atoms with Crippen LogP contribution in [0.5, 0.6) is 5.75 Å². The summed E-state index contributed by atoms with van der Waals surface area (Å²) in [6.45, 7) is 5.39. The average Bonchev–Trinajstić information content (AvgIpc) is 3.28. The van der Waals surface area contributed by atoms with Gasteiger partial charge in [-0.3, -0.25) is 18.8 Å². The van der Waals surface area contributed by atoms with Gasteiger partial charge in [-0.1, -0.05) is 53.7 Å². The number of hydrogen-bond donors (Lipinski definition) is 1. The van der Waals surface area contributed by atoms with Gasteiger partial charge in [0.05, 0.1) is 25.6 Å². The summed E-state index contributed by atoms with van der Waals surface area (Å²) in [4.78, 5) is 30.5. The number of methoxy groups -OCH3 is 1. The fraction of sp³-hybridized carbons (Fsp3) is 0.280. The summed E-state index contributed by atoms with van der Waals surface area (Å²) < 4.78 is 8.50. The first-order valence-electron chi connectivity index (χ1n) is 11.0. The molecule has 0 saturated carbocycles. The monoisotopic (exact) mass is 477 g/mol. The van der Waals surface area contributed by atoms with Gasteiger partial charge in [0.2, 0.25) is 5.91 Å². The van der Waals surface area contributed by atoms with Crippen LogP contribution in [-0.4, -0.2) is 38.1 Å². The number of aromatic nitrogens is 4. The number of ether oxygens (including phenoxy) is 1. The molecular formula is C25H27N5O3S. The molecule has 34 heavy (non-hydrogen) atoms. The minimum absolute atomic E-state index is 0.125. The van der Waals surface area contributed by atoms with E-state index in [0.29, 0.717) is 35.8 Å². The van der Waals surface area contributed by atoms with Crippen LogP contribution in [-0.2, 0) is 24.4 Å². The van der Waals surface area contributed by atoms with Gasteiger partial charge in [0.1, 0.15) is 11.3 Å². The zero-order chi connectivity index (χ0) is 24.1. The molecule has 0 aliphatic rings. The number of carbonyl (C=O) groups is 1. The normalized spacial score (nSPS) is 11.0. The molecule has 0 unspecified atom stereocenters. The summed E-state index contributed by atoms with van der Waals surface area (Å²) in [7, 11) is 1.61. The fourth-order valence-electron chi connectivity index (χ4n) is 3.44. The molecule has 2 aromatic carbocycles. The van der Waals surface area contributed by atoms with E-state index in [2.05, 4.69) is 15.4 Å². The van der Waals surface area contributed by atoms with Gasteiger partial charge in [-0.2, -0.15) is 5.10 Å². The van der Waals surface area contributed by atoms with Crippen LogP contribution in [0.15, 0.2) is 64.7 Å². The Kier molecular flexibility index (Phi) is 7.32. The predicted molar refractivity (Wildman–Crippen MR) is 133 cm³/mol. The topological polar surface area (TPSA) is 91.0 Å². The largest absolute Gasteiger partial charge is 0.497 e. The molecule has 0 saturated heterocycles. The van der Waals surface area contributed by atoms with Gasteiger partial charge in [-0.25, -0.2) is 4.98 Å². The van der Waals surface area contributed by atoms with Crippen molar-refractivity contribution in [1.82, 2.24) is 24.6 Å². The molecule has 9 heteroatoms. The maximum Gasteiger partial charge on any atom is 0.282 e. The summed E-state index contributed by atoms with van der Waals surface area (Å²) in [6, 6.07) is 15.5. The summed E-state index contributed by atoms with van der Waals surface area (Å²) in [5.74, 6) is 0.764. The molecule has 0 spiro atoms. The second-order valence-corrected chi connectivity index (χ2v) is 8.85. The van der Waals surface area contributed by atoms with E-state index < -0.39 is 0 Å². The first-order valence-corrected chi connectivity index (χ1v) is 12.0. The number of hydrogen-bond acceptors (Lipinski definition) is 6. The highest BCUT2D eigenvalue weighted by Gasteiger charge is 2.16. The Bertz CT molecular complexity index is 1340. The molecule has 4 rings (SSSR count). The highest BCUT2D eigenvalue weighted by atomic mass is 32.2. The lowest BCUT2D eigenvalue weighted by atomic mass is 10.1. The van der Waals surface area contributed by atoms with Crippen molar-refractivity contribution in [3.05, 3.63) is 81.8 Å². The van der Waals surface area contributed by atoms with E-state index in [-0.39, 0.29) is 17.2 Å². The molecule has 176 valence electrons. The molecule has 4 aromatic rings. The molecular weight excluding hydrogens is 450 g/mol. The van der Waals surface area contributed by atoms with Crippen LogP contribution in [0.4, 0.5) is 0 Å². The maximum absolute atomic E-state index is 13.3. The molecule has 0 aliphatic carbocycles. The molecule has 0 radical (unpaired) electrons. The number of nitrogens with one attached hydrogen (secondary N) is 1. The Balaban J connectivity index is 1.55. The quantitative estimate of drug-likeness (QED) is 0.294. The SMILES string of the molecule is CCn1cc2nc(SCC(=O)NCc3ccc(C)cc3)n(Cc3ccc(OC)cc3)c(=O)c2n1. The minimum atomic E-state index is -0.226. The van der Waals surface area contributed by atoms with E-state index in [1.54, 1.807) is 22.6 Å². The van der Waals surface area contributed by atoms with Gasteiger partial charge >= 0.3 is 0 Å². The molecule has 0 bridgehead atoms. The van der Waals surface area contributed by atoms with E-state index in [4.69, 9.17) is 4.74 Å². The van der Waals surface area contributed by atoms with Crippen molar-refractivity contribution in [1.29, 1.82) is 0 Å². The summed E-state index contributed by atoms with van der Waals surface area (Å²) in [6.07, 6.45) is 1.76. The molecule has 8 nitrogen and oxygen atoms in total. The van der Waals surface area contributed by atoms with Crippen LogP contribution >= 0.6 is 11.8 Å². The number of amides is 1. The molecule has 2 heterocycles. The average molecular weight is 478 g/mol. The summed E-state index contributed by atoms with van der Waals surface area (Å²) >= 11 is 1.24. The lowest BCUT2D eigenvalue weighted by Crippen LogP contribution is -2.27. The Morgan fingerprint density at radius 3 is 2.47 bits per heavy atom. The maximum atomic E-state index is 13.3. The molecule has 1 amide bonds. The Morgan fingerprint density at radius 1 is 1.09 bits per heavy atom. The van der Waals surface area contributed by atoms with Crippen LogP contribution in [0, 0.1) is 6.92 Å². The van der Waals surface area contributed by atoms with Crippen molar-refractivity contribution < 1.29 is 9.53 Å². The van der Waals surface area contributed by atoms with Gasteiger partial charge in [0, 0.05) is 13.1 Å². The van der Waals surface area contributed by atoms with Crippen molar-refractivity contribution in [2.75, 3.05) is 12.9 Å². The van der Waals surface area contributed by atoms with Crippen molar-refractivity contribution in [2.24, 2.45) is 0 Å². The lowest BCUT2D eigenvalue weighted by Gasteiger charge is -2.12. The highest BCUT2D eigenvalue weighted by molar-refractivity contribution is 7.99. The smallest absolute Gasteiger partial charge is 0.282 e. The molecule has 2 aromatic heterocycles.